The first-order chi connectivity index (χ1) is 18.3. The smallest absolute Gasteiger partial charge is 0.301 e. The quantitative estimate of drug-likeness (QED) is 0.103. The number of carbonyl (C=O) groups is 2. The molecule has 0 spiro atoms. The molecule has 38 heavy (non-hydrogen) atoms. The lowest BCUT2D eigenvalue weighted by Crippen LogP contribution is -2.29. The van der Waals surface area contributed by atoms with E-state index in [1.165, 1.54) is 40.5 Å². The van der Waals surface area contributed by atoms with Crippen LogP contribution in [0, 0.1) is 17.0 Å². The number of aromatic nitrogens is 1. The fourth-order valence-corrected chi connectivity index (χ4v) is 5.45. The normalized spacial score (nSPS) is 16.8. The number of ketones is 1. The van der Waals surface area contributed by atoms with Gasteiger partial charge in [-0.2, -0.15) is 0 Å². The molecule has 1 N–H and O–H groups in total. The number of carbonyl (C=O) groups excluding carboxylic acids is 2. The first-order valence-corrected chi connectivity index (χ1v) is 12.8. The van der Waals surface area contributed by atoms with Gasteiger partial charge in [0.2, 0.25) is 0 Å². The lowest BCUT2D eigenvalue weighted by molar-refractivity contribution is -0.384. The molecule has 192 valence electrons. The summed E-state index contributed by atoms with van der Waals surface area (Å²) in [6.07, 6.45) is 0.795. The third kappa shape index (κ3) is 4.50. The van der Waals surface area contributed by atoms with E-state index >= 15 is 0 Å². The van der Waals surface area contributed by atoms with E-state index < -0.39 is 22.7 Å². The maximum absolute atomic E-state index is 13.4. The fraction of sp³-hybridized carbons (Fsp3) is 0.179. The minimum Gasteiger partial charge on any atom is -0.507 e. The van der Waals surface area contributed by atoms with Crippen LogP contribution in [0.15, 0.2) is 72.3 Å². The first kappa shape index (κ1) is 25.1. The Hall–Kier alpha value is -4.57. The van der Waals surface area contributed by atoms with Crippen molar-refractivity contribution in [3.05, 3.63) is 99.1 Å². The molecule has 4 aromatic rings. The number of thiazole rings is 1. The zero-order chi connectivity index (χ0) is 27.0. The number of nitro groups is 1. The van der Waals surface area contributed by atoms with Crippen LogP contribution in [0.1, 0.15) is 36.1 Å². The number of hydrogen-bond acceptors (Lipinski definition) is 8. The van der Waals surface area contributed by atoms with E-state index in [2.05, 4.69) is 4.98 Å². The number of fused-ring (bicyclic) bond motifs is 1. The summed E-state index contributed by atoms with van der Waals surface area (Å²) >= 11 is 1.25. The van der Waals surface area contributed by atoms with Crippen molar-refractivity contribution in [1.82, 2.24) is 4.98 Å². The summed E-state index contributed by atoms with van der Waals surface area (Å²) in [6.45, 7) is 4.40. The summed E-state index contributed by atoms with van der Waals surface area (Å²) in [5.41, 5.74) is 2.15. The Morgan fingerprint density at radius 3 is 2.61 bits per heavy atom. The Morgan fingerprint density at radius 2 is 1.89 bits per heavy atom. The number of Topliss-reactive ketones (excluding diaryl/α,β-unsaturated/α-hetero) is 1. The van der Waals surface area contributed by atoms with Crippen molar-refractivity contribution in [2.45, 2.75) is 26.3 Å². The van der Waals surface area contributed by atoms with E-state index in [1.807, 2.05) is 32.0 Å². The van der Waals surface area contributed by atoms with E-state index in [-0.39, 0.29) is 22.2 Å². The molecule has 1 aliphatic rings. The molecular formula is C28H23N3O6S. The van der Waals surface area contributed by atoms with Crippen molar-refractivity contribution in [1.29, 1.82) is 0 Å². The zero-order valence-corrected chi connectivity index (χ0v) is 21.4. The lowest BCUT2D eigenvalue weighted by Gasteiger charge is -2.23. The van der Waals surface area contributed by atoms with Gasteiger partial charge in [0, 0.05) is 17.7 Å². The maximum Gasteiger partial charge on any atom is 0.301 e. The fourth-order valence-electron chi connectivity index (χ4n) is 4.35. The summed E-state index contributed by atoms with van der Waals surface area (Å²) in [6, 6.07) is 16.8. The van der Waals surface area contributed by atoms with Gasteiger partial charge in [-0.1, -0.05) is 36.5 Å². The second-order valence-electron chi connectivity index (χ2n) is 8.86. The van der Waals surface area contributed by atoms with Gasteiger partial charge in [-0.15, -0.1) is 0 Å². The molecule has 0 radical (unpaired) electrons. The predicted octanol–water partition coefficient (Wildman–Crippen LogP) is 5.93. The van der Waals surface area contributed by atoms with Gasteiger partial charge in [0.15, 0.2) is 5.13 Å². The van der Waals surface area contributed by atoms with Gasteiger partial charge in [0.25, 0.3) is 11.5 Å². The molecule has 2 heterocycles. The summed E-state index contributed by atoms with van der Waals surface area (Å²) in [7, 11) is 0. The number of aliphatic hydroxyl groups is 1. The molecule has 0 saturated carbocycles. The maximum atomic E-state index is 13.4. The molecule has 1 saturated heterocycles. The summed E-state index contributed by atoms with van der Waals surface area (Å²) in [4.78, 5) is 43.4. The average molecular weight is 530 g/mol. The molecule has 1 aromatic heterocycles. The molecule has 10 heteroatoms. The SMILES string of the molecule is CCCOc1cccc(C(O)=C2C(=O)C(=O)N(c3nc4ccc(C)cc4s3)C2c2ccc([N+](=O)[O-])cc2)c1. The molecule has 1 amide bonds. The minimum atomic E-state index is -1.04. The molecule has 3 aromatic carbocycles. The monoisotopic (exact) mass is 529 g/mol. The van der Waals surface area contributed by atoms with Crippen LogP contribution in [0.25, 0.3) is 16.0 Å². The Kier molecular flexibility index (Phi) is 6.64. The van der Waals surface area contributed by atoms with Crippen LogP contribution < -0.4 is 9.64 Å². The summed E-state index contributed by atoms with van der Waals surface area (Å²) in [5, 5.41) is 22.9. The van der Waals surface area contributed by atoms with Gasteiger partial charge in [0.1, 0.15) is 11.5 Å². The highest BCUT2D eigenvalue weighted by atomic mass is 32.1. The van der Waals surface area contributed by atoms with Gasteiger partial charge in [-0.3, -0.25) is 24.6 Å². The summed E-state index contributed by atoms with van der Waals surface area (Å²) < 4.78 is 6.51. The van der Waals surface area contributed by atoms with E-state index in [1.54, 1.807) is 24.3 Å². The summed E-state index contributed by atoms with van der Waals surface area (Å²) in [5.74, 6) is -1.57. The number of ether oxygens (including phenoxy) is 1. The van der Waals surface area contributed by atoms with Crippen molar-refractivity contribution in [3.63, 3.8) is 0 Å². The highest BCUT2D eigenvalue weighted by Gasteiger charge is 2.48. The molecule has 1 aliphatic heterocycles. The van der Waals surface area contributed by atoms with E-state index in [0.29, 0.717) is 29.0 Å². The average Bonchev–Trinajstić information content (AvgIpc) is 3.44. The van der Waals surface area contributed by atoms with E-state index in [0.717, 1.165) is 16.7 Å². The van der Waals surface area contributed by atoms with Crippen molar-refractivity contribution in [2.24, 2.45) is 0 Å². The molecule has 1 unspecified atom stereocenters. The number of hydrogen-bond donors (Lipinski definition) is 1. The lowest BCUT2D eigenvalue weighted by atomic mass is 9.95. The molecule has 0 aliphatic carbocycles. The molecular weight excluding hydrogens is 506 g/mol. The number of amides is 1. The molecule has 9 nitrogen and oxygen atoms in total. The number of nitrogens with zero attached hydrogens (tertiary/aromatic N) is 3. The van der Waals surface area contributed by atoms with Crippen LogP contribution in [0.4, 0.5) is 10.8 Å². The van der Waals surface area contributed by atoms with Crippen LogP contribution in [0.3, 0.4) is 0 Å². The minimum absolute atomic E-state index is 0.132. The van der Waals surface area contributed by atoms with Crippen LogP contribution >= 0.6 is 11.3 Å². The Labute approximate surface area is 221 Å². The van der Waals surface area contributed by atoms with Crippen molar-refractivity contribution in [3.8, 4) is 5.75 Å². The predicted molar refractivity (Wildman–Crippen MR) is 144 cm³/mol. The van der Waals surface area contributed by atoms with Crippen molar-refractivity contribution in [2.75, 3.05) is 11.5 Å². The number of nitro benzene ring substituents is 1. The van der Waals surface area contributed by atoms with Gasteiger partial charge in [0.05, 0.1) is 33.4 Å². The van der Waals surface area contributed by atoms with Crippen molar-refractivity contribution < 1.29 is 24.4 Å². The number of aryl methyl sites for hydroxylation is 1. The largest absolute Gasteiger partial charge is 0.507 e. The van der Waals surface area contributed by atoms with Crippen molar-refractivity contribution >= 4 is 49.8 Å². The second-order valence-corrected chi connectivity index (χ2v) is 9.87. The topological polar surface area (TPSA) is 123 Å². The third-order valence-corrected chi connectivity index (χ3v) is 7.20. The number of benzene rings is 3. The van der Waals surface area contributed by atoms with Gasteiger partial charge in [-0.05, 0) is 60.9 Å². The van der Waals surface area contributed by atoms with Gasteiger partial charge >= 0.3 is 5.91 Å². The zero-order valence-electron chi connectivity index (χ0n) is 20.6. The Morgan fingerprint density at radius 1 is 1.13 bits per heavy atom. The number of non-ortho nitro benzene ring substituents is 1. The Bertz CT molecular complexity index is 1610. The Balaban J connectivity index is 1.68. The van der Waals surface area contributed by atoms with Gasteiger partial charge < -0.3 is 9.84 Å². The molecule has 1 atom stereocenters. The number of anilines is 1. The first-order valence-electron chi connectivity index (χ1n) is 11.9. The highest BCUT2D eigenvalue weighted by Crippen LogP contribution is 2.44. The molecule has 0 bridgehead atoms. The number of rotatable bonds is 7. The van der Waals surface area contributed by atoms with Crippen LogP contribution in [-0.2, 0) is 9.59 Å². The van der Waals surface area contributed by atoms with E-state index in [9.17, 15) is 24.8 Å². The molecule has 1 fully saturated rings. The van der Waals surface area contributed by atoms with Crippen LogP contribution in [0.2, 0.25) is 0 Å². The molecule has 5 rings (SSSR count). The second kappa shape index (κ2) is 10.1. The van der Waals surface area contributed by atoms with E-state index in [4.69, 9.17) is 4.74 Å². The third-order valence-electron chi connectivity index (χ3n) is 6.18. The van der Waals surface area contributed by atoms with Crippen LogP contribution in [-0.4, -0.2) is 33.3 Å². The van der Waals surface area contributed by atoms with Crippen LogP contribution in [0.5, 0.6) is 5.75 Å². The standard InChI is InChI=1S/C28H23N3O6S/c1-3-13-37-20-6-4-5-18(15-20)25(32)23-24(17-8-10-19(11-9-17)31(35)36)30(27(34)26(23)33)28-29-21-12-7-16(2)14-22(21)38-28/h4-12,14-15,24,32H,3,13H2,1-2H3. The van der Waals surface area contributed by atoms with Gasteiger partial charge in [-0.25, -0.2) is 4.98 Å². The number of aliphatic hydroxyl groups excluding tert-OH is 1. The highest BCUT2D eigenvalue weighted by molar-refractivity contribution is 7.22.